The van der Waals surface area contributed by atoms with E-state index in [-0.39, 0.29) is 5.92 Å². The highest BCUT2D eigenvalue weighted by molar-refractivity contribution is 7.18. The molecule has 0 unspecified atom stereocenters. The van der Waals surface area contributed by atoms with Crippen LogP contribution in [0.5, 0.6) is 0 Å². The summed E-state index contributed by atoms with van der Waals surface area (Å²) in [6.07, 6.45) is 4.30. The van der Waals surface area contributed by atoms with Crippen LogP contribution in [0.1, 0.15) is 28.2 Å². The number of aromatic amines is 2. The van der Waals surface area contributed by atoms with Crippen LogP contribution in [0.2, 0.25) is 0 Å². The Bertz CT molecular complexity index is 1800. The lowest BCUT2D eigenvalue weighted by molar-refractivity contribution is 0.998. The van der Waals surface area contributed by atoms with Crippen molar-refractivity contribution >= 4 is 44.0 Å². The zero-order valence-electron chi connectivity index (χ0n) is 20.8. The first kappa shape index (κ1) is 22.5. The topological polar surface area (TPSA) is 69.4 Å². The predicted molar refractivity (Wildman–Crippen MR) is 157 cm³/mol. The number of aromatic nitrogens is 4. The van der Waals surface area contributed by atoms with Crippen molar-refractivity contribution < 1.29 is 0 Å². The maximum atomic E-state index is 4.46. The lowest BCUT2D eigenvalue weighted by Gasteiger charge is -2.18. The van der Waals surface area contributed by atoms with Gasteiger partial charge in [-0.25, -0.2) is 0 Å². The van der Waals surface area contributed by atoms with Crippen LogP contribution in [0.15, 0.2) is 109 Å². The zero-order valence-corrected chi connectivity index (χ0v) is 21.6. The van der Waals surface area contributed by atoms with E-state index >= 15 is 0 Å². The average Bonchev–Trinajstić information content (AvgIpc) is 3.70. The number of hydrogen-bond acceptors (Lipinski definition) is 4. The average molecular weight is 512 g/mol. The number of rotatable bonds is 6. The Balaban J connectivity index is 1.27. The van der Waals surface area contributed by atoms with Gasteiger partial charge in [-0.3, -0.25) is 0 Å². The molecule has 5 nitrogen and oxygen atoms in total. The van der Waals surface area contributed by atoms with Gasteiger partial charge in [-0.1, -0.05) is 90.2 Å². The van der Waals surface area contributed by atoms with Crippen molar-refractivity contribution in [2.24, 2.45) is 0 Å². The Hall–Kier alpha value is -4.68. The quantitative estimate of drug-likeness (QED) is 0.210. The molecule has 3 aromatic heterocycles. The number of fused-ring (bicyclic) bond motifs is 2. The van der Waals surface area contributed by atoms with E-state index in [1.807, 2.05) is 12.1 Å². The molecule has 0 amide bonds. The summed E-state index contributed by atoms with van der Waals surface area (Å²) in [5, 5.41) is 16.4. The van der Waals surface area contributed by atoms with Gasteiger partial charge in [0.1, 0.15) is 5.01 Å². The van der Waals surface area contributed by atoms with E-state index in [2.05, 4.69) is 130 Å². The summed E-state index contributed by atoms with van der Waals surface area (Å²) in [6.45, 7) is 2.08. The molecule has 6 heteroatoms. The van der Waals surface area contributed by atoms with Crippen LogP contribution in [0.25, 0.3) is 32.4 Å². The number of H-pyrrole nitrogens is 2. The molecule has 184 valence electrons. The lowest BCUT2D eigenvalue weighted by atomic mass is 9.84. The van der Waals surface area contributed by atoms with Gasteiger partial charge in [0, 0.05) is 51.4 Å². The van der Waals surface area contributed by atoms with E-state index in [1.54, 1.807) is 11.3 Å². The SMILES string of the molecule is Cc1ccccc1Nc1nnc(-c2ccc(C(c3c[nH]c4ccccc34)c3c[nH]c4ccccc34)cc2)s1. The van der Waals surface area contributed by atoms with Crippen molar-refractivity contribution in [3.05, 3.63) is 132 Å². The summed E-state index contributed by atoms with van der Waals surface area (Å²) in [6, 6.07) is 34.0. The highest BCUT2D eigenvalue weighted by Crippen LogP contribution is 2.40. The van der Waals surface area contributed by atoms with E-state index in [4.69, 9.17) is 0 Å². The Morgan fingerprint density at radius 1 is 0.684 bits per heavy atom. The van der Waals surface area contributed by atoms with Gasteiger partial charge in [-0.05, 0) is 47.4 Å². The van der Waals surface area contributed by atoms with Gasteiger partial charge in [0.15, 0.2) is 0 Å². The molecule has 0 aliphatic rings. The van der Waals surface area contributed by atoms with Crippen LogP contribution in [-0.2, 0) is 0 Å². The molecule has 0 fully saturated rings. The van der Waals surface area contributed by atoms with Gasteiger partial charge in [0.2, 0.25) is 5.13 Å². The predicted octanol–water partition coefficient (Wildman–Crippen LogP) is 8.40. The van der Waals surface area contributed by atoms with Crippen LogP contribution in [-0.4, -0.2) is 20.2 Å². The van der Waals surface area contributed by atoms with Crippen LogP contribution in [0.4, 0.5) is 10.8 Å². The smallest absolute Gasteiger partial charge is 0.210 e. The fraction of sp³-hybridized carbons (Fsp3) is 0.0625. The largest absolute Gasteiger partial charge is 0.361 e. The molecule has 0 aliphatic carbocycles. The molecule has 7 rings (SSSR count). The molecule has 0 spiro atoms. The number of nitrogens with zero attached hydrogens (tertiary/aromatic N) is 2. The van der Waals surface area contributed by atoms with E-state index in [9.17, 15) is 0 Å². The summed E-state index contributed by atoms with van der Waals surface area (Å²) in [5.74, 6) is 0.0732. The number of benzene rings is 4. The molecule has 4 aromatic carbocycles. The minimum atomic E-state index is 0.0732. The molecule has 0 radical (unpaired) electrons. The summed E-state index contributed by atoms with van der Waals surface area (Å²) in [4.78, 5) is 6.96. The maximum absolute atomic E-state index is 4.46. The van der Waals surface area contributed by atoms with Crippen molar-refractivity contribution in [2.45, 2.75) is 12.8 Å². The molecule has 0 bridgehead atoms. The van der Waals surface area contributed by atoms with Crippen molar-refractivity contribution in [3.8, 4) is 10.6 Å². The number of hydrogen-bond donors (Lipinski definition) is 3. The molecular formula is C32H25N5S. The fourth-order valence-electron chi connectivity index (χ4n) is 5.23. The normalized spacial score (nSPS) is 11.5. The highest BCUT2D eigenvalue weighted by atomic mass is 32.1. The van der Waals surface area contributed by atoms with E-state index in [0.717, 1.165) is 32.4 Å². The molecule has 0 atom stereocenters. The number of nitrogens with one attached hydrogen (secondary N) is 3. The third-order valence-electron chi connectivity index (χ3n) is 7.17. The number of aryl methyl sites for hydroxylation is 1. The van der Waals surface area contributed by atoms with Gasteiger partial charge in [-0.15, -0.1) is 10.2 Å². The van der Waals surface area contributed by atoms with Gasteiger partial charge in [0.05, 0.1) is 0 Å². The molecule has 0 saturated carbocycles. The second-order valence-electron chi connectivity index (χ2n) is 9.49. The standard InChI is InChI=1S/C32H25N5S/c1-20-8-2-5-11-27(20)35-32-37-36-31(38-32)22-16-14-21(15-17-22)30(25-18-33-28-12-6-3-9-23(25)28)26-19-34-29-13-7-4-10-24(26)29/h2-19,30,33-34H,1H3,(H,35,37). The van der Waals surface area contributed by atoms with Crippen LogP contribution >= 0.6 is 11.3 Å². The molecule has 7 aromatic rings. The Morgan fingerprint density at radius 2 is 1.29 bits per heavy atom. The van der Waals surface area contributed by atoms with E-state index < -0.39 is 0 Å². The summed E-state index contributed by atoms with van der Waals surface area (Å²) in [7, 11) is 0. The van der Waals surface area contributed by atoms with Crippen LogP contribution in [0.3, 0.4) is 0 Å². The first-order valence-electron chi connectivity index (χ1n) is 12.6. The monoisotopic (exact) mass is 511 g/mol. The minimum absolute atomic E-state index is 0.0732. The molecular weight excluding hydrogens is 486 g/mol. The molecule has 0 aliphatic heterocycles. The highest BCUT2D eigenvalue weighted by Gasteiger charge is 2.23. The number of para-hydroxylation sites is 3. The van der Waals surface area contributed by atoms with Crippen molar-refractivity contribution in [3.63, 3.8) is 0 Å². The molecule has 3 heterocycles. The maximum Gasteiger partial charge on any atom is 0.210 e. The summed E-state index contributed by atoms with van der Waals surface area (Å²) in [5.41, 5.74) is 9.32. The van der Waals surface area contributed by atoms with Crippen molar-refractivity contribution in [1.82, 2.24) is 20.2 Å². The van der Waals surface area contributed by atoms with Crippen molar-refractivity contribution in [2.75, 3.05) is 5.32 Å². The van der Waals surface area contributed by atoms with E-state index in [0.29, 0.717) is 0 Å². The third kappa shape index (κ3) is 3.96. The first-order chi connectivity index (χ1) is 18.7. The van der Waals surface area contributed by atoms with Crippen LogP contribution in [0, 0.1) is 6.92 Å². The Morgan fingerprint density at radius 3 is 1.95 bits per heavy atom. The second-order valence-corrected chi connectivity index (χ2v) is 10.5. The van der Waals surface area contributed by atoms with Gasteiger partial charge in [0.25, 0.3) is 0 Å². The molecule has 3 N–H and O–H groups in total. The lowest BCUT2D eigenvalue weighted by Crippen LogP contribution is -2.02. The summed E-state index contributed by atoms with van der Waals surface area (Å²) < 4.78 is 0. The second kappa shape index (κ2) is 9.32. The molecule has 38 heavy (non-hydrogen) atoms. The van der Waals surface area contributed by atoms with Gasteiger partial charge < -0.3 is 15.3 Å². The fourth-order valence-corrected chi connectivity index (χ4v) is 5.99. The zero-order chi connectivity index (χ0) is 25.5. The van der Waals surface area contributed by atoms with Crippen molar-refractivity contribution in [1.29, 1.82) is 0 Å². The minimum Gasteiger partial charge on any atom is -0.361 e. The summed E-state index contributed by atoms with van der Waals surface area (Å²) >= 11 is 1.56. The van der Waals surface area contributed by atoms with E-state index in [1.165, 1.54) is 33.0 Å². The first-order valence-corrected chi connectivity index (χ1v) is 13.4. The Labute approximate surface area is 224 Å². The number of anilines is 2. The Kier molecular flexibility index (Phi) is 5.52. The molecule has 0 saturated heterocycles. The van der Waals surface area contributed by atoms with Crippen LogP contribution < -0.4 is 5.32 Å². The van der Waals surface area contributed by atoms with Gasteiger partial charge in [-0.2, -0.15) is 0 Å². The third-order valence-corrected chi connectivity index (χ3v) is 8.05. The van der Waals surface area contributed by atoms with Gasteiger partial charge >= 0.3 is 0 Å².